The molecule has 8 nitrogen and oxygen atoms in total. The van der Waals surface area contributed by atoms with Crippen LogP contribution < -0.4 is 10.1 Å². The molecule has 36 heavy (non-hydrogen) atoms. The van der Waals surface area contributed by atoms with E-state index < -0.39 is 17.1 Å². The number of nitrogens with one attached hydrogen (secondary N) is 1. The molecule has 1 aromatic carbocycles. The minimum Gasteiger partial charge on any atom is -0.492 e. The van der Waals surface area contributed by atoms with Crippen LogP contribution in [0.3, 0.4) is 0 Å². The average Bonchev–Trinajstić information content (AvgIpc) is 2.72. The first-order chi connectivity index (χ1) is 16.4. The third-order valence-electron chi connectivity index (χ3n) is 4.88. The van der Waals surface area contributed by atoms with Crippen LogP contribution in [0.2, 0.25) is 0 Å². The number of rotatable bonds is 7. The Hall–Kier alpha value is -2.93. The predicted molar refractivity (Wildman–Crippen MR) is 135 cm³/mol. The quantitative estimate of drug-likeness (QED) is 0.549. The van der Waals surface area contributed by atoms with Gasteiger partial charge in [-0.05, 0) is 66.7 Å². The molecule has 0 atom stereocenters. The highest BCUT2D eigenvalue weighted by atomic mass is 19.3. The molecule has 10 heteroatoms. The van der Waals surface area contributed by atoms with Gasteiger partial charge in [-0.1, -0.05) is 0 Å². The highest BCUT2D eigenvalue weighted by Crippen LogP contribution is 2.37. The summed E-state index contributed by atoms with van der Waals surface area (Å²) < 4.78 is 39.5. The Morgan fingerprint density at radius 2 is 1.61 bits per heavy atom. The maximum absolute atomic E-state index is 14.2. The summed E-state index contributed by atoms with van der Waals surface area (Å²) in [6.07, 6.45) is -0.323. The molecule has 1 saturated heterocycles. The Labute approximate surface area is 213 Å². The lowest BCUT2D eigenvalue weighted by atomic mass is 10.0. The molecular weight excluding hydrogens is 470 g/mol. The lowest BCUT2D eigenvalue weighted by molar-refractivity contribution is -0.115. The number of ketones is 1. The van der Waals surface area contributed by atoms with Crippen molar-refractivity contribution in [2.45, 2.75) is 72.5 Å². The molecule has 0 bridgehead atoms. The number of ether oxygens (including phenoxy) is 2. The van der Waals surface area contributed by atoms with Crippen LogP contribution in [0.4, 0.5) is 19.3 Å². The number of carbonyl (C=O) groups is 2. The van der Waals surface area contributed by atoms with Crippen molar-refractivity contribution in [1.82, 2.24) is 9.80 Å². The molecule has 0 unspecified atom stereocenters. The average molecular weight is 511 g/mol. The van der Waals surface area contributed by atoms with E-state index in [0.29, 0.717) is 38.4 Å². The van der Waals surface area contributed by atoms with Crippen LogP contribution in [-0.2, 0) is 15.5 Å². The van der Waals surface area contributed by atoms with Gasteiger partial charge in [0.25, 0.3) is 5.92 Å². The van der Waals surface area contributed by atoms with Gasteiger partial charge in [0, 0.05) is 45.3 Å². The van der Waals surface area contributed by atoms with Crippen LogP contribution >= 0.6 is 0 Å². The maximum atomic E-state index is 14.2. The number of hydrogen-bond acceptors (Lipinski definition) is 7. The third kappa shape index (κ3) is 11.7. The Morgan fingerprint density at radius 1 is 1.06 bits per heavy atom. The molecule has 0 aliphatic carbocycles. The normalized spacial score (nSPS) is 14.8. The zero-order valence-electron chi connectivity index (χ0n) is 22.7. The number of carbonyl (C=O) groups excluding carboxylic acids is 2. The second-order valence-corrected chi connectivity index (χ2v) is 10.5. The monoisotopic (exact) mass is 510 g/mol. The van der Waals surface area contributed by atoms with Gasteiger partial charge in [-0.15, -0.1) is 0 Å². The first kappa shape index (κ1) is 31.1. The topological polar surface area (TPSA) is 94.9 Å². The van der Waals surface area contributed by atoms with E-state index in [1.165, 1.54) is 26.0 Å². The second-order valence-electron chi connectivity index (χ2n) is 10.5. The maximum Gasteiger partial charge on any atom is 0.410 e. The number of anilines is 1. The van der Waals surface area contributed by atoms with E-state index in [1.807, 2.05) is 20.8 Å². The largest absolute Gasteiger partial charge is 0.492 e. The molecular formula is C26H40F2N4O4. The zero-order valence-corrected chi connectivity index (χ0v) is 22.7. The number of nitrogens with zero attached hydrogens (tertiary/aromatic N) is 3. The Kier molecular flexibility index (Phi) is 11.1. The van der Waals surface area contributed by atoms with Gasteiger partial charge in [-0.3, -0.25) is 4.90 Å². The number of piperazine rings is 1. The first-order valence-electron chi connectivity index (χ1n) is 12.0. The van der Waals surface area contributed by atoms with Crippen LogP contribution in [0, 0.1) is 11.3 Å². The summed E-state index contributed by atoms with van der Waals surface area (Å²) >= 11 is 0. The summed E-state index contributed by atoms with van der Waals surface area (Å²) in [5.41, 5.74) is -1.22. The number of amides is 1. The number of benzene rings is 1. The molecule has 1 heterocycles. The summed E-state index contributed by atoms with van der Waals surface area (Å²) in [7, 11) is 0. The van der Waals surface area contributed by atoms with Gasteiger partial charge < -0.3 is 24.5 Å². The molecule has 0 aromatic heterocycles. The number of halogens is 2. The van der Waals surface area contributed by atoms with E-state index in [-0.39, 0.29) is 29.8 Å². The lowest BCUT2D eigenvalue weighted by Gasteiger charge is -2.35. The summed E-state index contributed by atoms with van der Waals surface area (Å²) in [5, 5.41) is 12.1. The van der Waals surface area contributed by atoms with Crippen molar-refractivity contribution < 1.29 is 27.8 Å². The van der Waals surface area contributed by atoms with Crippen molar-refractivity contribution in [3.63, 3.8) is 0 Å². The SMILES string of the molecule is CC(C)(C#N)Nc1ccc(OCCN2CCN(C(=O)OC(C)(C)C)CC2)c(C(C)(F)F)c1.CC(C)=O. The Bertz CT molecular complexity index is 921. The third-order valence-corrected chi connectivity index (χ3v) is 4.88. The van der Waals surface area contributed by atoms with Crippen LogP contribution in [0.25, 0.3) is 0 Å². The minimum atomic E-state index is -3.09. The van der Waals surface area contributed by atoms with Crippen molar-refractivity contribution >= 4 is 17.6 Å². The van der Waals surface area contributed by atoms with Crippen molar-refractivity contribution in [2.24, 2.45) is 0 Å². The van der Waals surface area contributed by atoms with Gasteiger partial charge in [0.2, 0.25) is 0 Å². The molecule has 1 aliphatic heterocycles. The van der Waals surface area contributed by atoms with Crippen LogP contribution in [0.5, 0.6) is 5.75 Å². The van der Waals surface area contributed by atoms with Gasteiger partial charge >= 0.3 is 6.09 Å². The summed E-state index contributed by atoms with van der Waals surface area (Å²) in [5.74, 6) is -2.81. The fourth-order valence-electron chi connectivity index (χ4n) is 3.23. The van der Waals surface area contributed by atoms with Crippen molar-refractivity contribution in [3.05, 3.63) is 23.8 Å². The minimum absolute atomic E-state index is 0.116. The van der Waals surface area contributed by atoms with Gasteiger partial charge in [-0.2, -0.15) is 5.26 Å². The van der Waals surface area contributed by atoms with Crippen molar-refractivity contribution in [1.29, 1.82) is 5.26 Å². The molecule has 1 fully saturated rings. The molecule has 0 radical (unpaired) electrons. The lowest BCUT2D eigenvalue weighted by Crippen LogP contribution is -2.50. The fraction of sp³-hybridized carbons (Fsp3) is 0.654. The highest BCUT2D eigenvalue weighted by Gasteiger charge is 2.30. The van der Waals surface area contributed by atoms with Gasteiger partial charge in [-0.25, -0.2) is 13.6 Å². The number of nitriles is 1. The van der Waals surface area contributed by atoms with E-state index in [9.17, 15) is 18.4 Å². The van der Waals surface area contributed by atoms with Crippen LogP contribution in [0.15, 0.2) is 18.2 Å². The van der Waals surface area contributed by atoms with E-state index in [4.69, 9.17) is 14.7 Å². The Balaban J connectivity index is 0.00000150. The van der Waals surface area contributed by atoms with Gasteiger partial charge in [0.1, 0.15) is 29.3 Å². The van der Waals surface area contributed by atoms with Crippen LogP contribution in [-0.4, -0.2) is 72.1 Å². The standard InChI is InChI=1S/C23H34F2N4O3.C3H6O/c1-21(2,3)32-20(30)29-11-9-28(10-12-29)13-14-31-19-8-7-17(27-22(4,5)16-26)15-18(19)23(6,24)25;1-3(2)4/h7-8,15,27H,9-14H2,1-6H3;1-2H3. The first-order valence-corrected chi connectivity index (χ1v) is 12.0. The van der Waals surface area contributed by atoms with Crippen LogP contribution in [0.1, 0.15) is 61.0 Å². The zero-order chi connectivity index (χ0) is 27.7. The van der Waals surface area contributed by atoms with Gasteiger partial charge in [0.15, 0.2) is 0 Å². The smallest absolute Gasteiger partial charge is 0.410 e. The fourth-order valence-corrected chi connectivity index (χ4v) is 3.23. The number of alkyl halides is 2. The molecule has 0 spiro atoms. The Morgan fingerprint density at radius 3 is 2.08 bits per heavy atom. The molecule has 1 amide bonds. The van der Waals surface area contributed by atoms with Gasteiger partial charge in [0.05, 0.1) is 11.6 Å². The molecule has 1 aromatic rings. The van der Waals surface area contributed by atoms with Crippen molar-refractivity contribution in [3.8, 4) is 11.8 Å². The van der Waals surface area contributed by atoms with E-state index in [2.05, 4.69) is 16.3 Å². The number of hydrogen-bond donors (Lipinski definition) is 1. The molecule has 1 N–H and O–H groups in total. The van der Waals surface area contributed by atoms with E-state index >= 15 is 0 Å². The predicted octanol–water partition coefficient (Wildman–Crippen LogP) is 5.04. The van der Waals surface area contributed by atoms with Crippen molar-refractivity contribution in [2.75, 3.05) is 44.6 Å². The number of Topliss-reactive ketones (excluding diaryl/α,β-unsaturated/α-hetero) is 1. The summed E-state index contributed by atoms with van der Waals surface area (Å²) in [4.78, 5) is 25.4. The molecule has 202 valence electrons. The summed E-state index contributed by atoms with van der Waals surface area (Å²) in [6.45, 7) is 15.9. The summed E-state index contributed by atoms with van der Waals surface area (Å²) in [6, 6.07) is 6.55. The molecule has 1 aliphatic rings. The molecule has 2 rings (SSSR count). The molecule has 0 saturated carbocycles. The van der Waals surface area contributed by atoms with E-state index in [0.717, 1.165) is 6.92 Å². The highest BCUT2D eigenvalue weighted by molar-refractivity contribution is 5.72. The van der Waals surface area contributed by atoms with E-state index in [1.54, 1.807) is 24.8 Å². The second kappa shape index (κ2) is 12.9.